The molecule has 0 fully saturated rings. The Labute approximate surface area is 130 Å². The summed E-state index contributed by atoms with van der Waals surface area (Å²) in [5.74, 6) is 0.354. The molecule has 0 saturated carbocycles. The van der Waals surface area contributed by atoms with Gasteiger partial charge in [0.05, 0.1) is 25.0 Å². The van der Waals surface area contributed by atoms with Gasteiger partial charge in [-0.25, -0.2) is 4.68 Å². The quantitative estimate of drug-likeness (QED) is 0.687. The fourth-order valence-corrected chi connectivity index (χ4v) is 2.33. The third kappa shape index (κ3) is 5.65. The number of nitrogens with zero attached hydrogens (tertiary/aromatic N) is 2. The lowest BCUT2D eigenvalue weighted by Gasteiger charge is -2.17. The number of aliphatic hydroxyl groups is 1. The summed E-state index contributed by atoms with van der Waals surface area (Å²) in [5.41, 5.74) is 0.210. The second kappa shape index (κ2) is 9.76. The Hall–Kier alpha value is -1.11. The number of hydrogen-bond acceptors (Lipinski definition) is 5. The van der Waals surface area contributed by atoms with Crippen molar-refractivity contribution in [3.63, 3.8) is 0 Å². The summed E-state index contributed by atoms with van der Waals surface area (Å²) in [4.78, 5) is 12.0. The molecule has 0 saturated heterocycles. The number of halogens is 1. The average Bonchev–Trinajstić information content (AvgIpc) is 2.48. The Morgan fingerprint density at radius 3 is 2.90 bits per heavy atom. The summed E-state index contributed by atoms with van der Waals surface area (Å²) in [5, 5.41) is 16.4. The second-order valence-electron chi connectivity index (χ2n) is 4.94. The molecular formula is C14H24ClN3O3. The number of rotatable bonds is 10. The number of hydrogen-bond donors (Lipinski definition) is 2. The molecule has 0 aliphatic heterocycles. The highest BCUT2D eigenvalue weighted by Crippen LogP contribution is 2.18. The van der Waals surface area contributed by atoms with Gasteiger partial charge < -0.3 is 15.2 Å². The third-order valence-corrected chi connectivity index (χ3v) is 3.67. The maximum atomic E-state index is 12.0. The van der Waals surface area contributed by atoms with E-state index in [-0.39, 0.29) is 17.2 Å². The number of nitrogens with one attached hydrogen (secondary N) is 1. The number of ether oxygens (including phenoxy) is 1. The van der Waals surface area contributed by atoms with Crippen molar-refractivity contribution in [3.8, 4) is 0 Å². The predicted molar refractivity (Wildman–Crippen MR) is 84.0 cm³/mol. The molecule has 0 spiro atoms. The summed E-state index contributed by atoms with van der Waals surface area (Å²) < 4.78 is 6.21. The van der Waals surface area contributed by atoms with E-state index < -0.39 is 0 Å². The van der Waals surface area contributed by atoms with Crippen molar-refractivity contribution in [3.05, 3.63) is 21.6 Å². The topological polar surface area (TPSA) is 76.4 Å². The highest BCUT2D eigenvalue weighted by Gasteiger charge is 2.12. The summed E-state index contributed by atoms with van der Waals surface area (Å²) in [6.45, 7) is 3.72. The van der Waals surface area contributed by atoms with E-state index in [1.807, 2.05) is 0 Å². The van der Waals surface area contributed by atoms with Crippen LogP contribution in [0.1, 0.15) is 26.2 Å². The Kier molecular flexibility index (Phi) is 8.34. The van der Waals surface area contributed by atoms with Crippen LogP contribution in [0.5, 0.6) is 0 Å². The van der Waals surface area contributed by atoms with E-state index in [4.69, 9.17) is 21.4 Å². The van der Waals surface area contributed by atoms with E-state index in [1.54, 1.807) is 13.3 Å². The molecule has 1 heterocycles. The minimum atomic E-state index is -0.326. The molecule has 120 valence electrons. The zero-order valence-corrected chi connectivity index (χ0v) is 13.4. The van der Waals surface area contributed by atoms with E-state index in [2.05, 4.69) is 17.3 Å². The molecular weight excluding hydrogens is 294 g/mol. The predicted octanol–water partition coefficient (Wildman–Crippen LogP) is 1.75. The first-order valence-corrected chi connectivity index (χ1v) is 7.61. The molecule has 1 aromatic heterocycles. The van der Waals surface area contributed by atoms with Crippen molar-refractivity contribution in [1.29, 1.82) is 0 Å². The number of aromatic nitrogens is 2. The van der Waals surface area contributed by atoms with Crippen molar-refractivity contribution < 1.29 is 9.84 Å². The van der Waals surface area contributed by atoms with Gasteiger partial charge in [0.2, 0.25) is 0 Å². The maximum absolute atomic E-state index is 12.0. The lowest BCUT2D eigenvalue weighted by atomic mass is 10.0. The minimum Gasteiger partial charge on any atom is -0.396 e. The van der Waals surface area contributed by atoms with Gasteiger partial charge in [0.1, 0.15) is 5.02 Å². The molecule has 1 aromatic rings. The van der Waals surface area contributed by atoms with E-state index in [0.717, 1.165) is 19.3 Å². The third-order valence-electron chi connectivity index (χ3n) is 3.31. The van der Waals surface area contributed by atoms with Gasteiger partial charge in [-0.1, -0.05) is 24.9 Å². The van der Waals surface area contributed by atoms with Crippen molar-refractivity contribution in [2.75, 3.05) is 32.2 Å². The Morgan fingerprint density at radius 1 is 1.52 bits per heavy atom. The molecule has 0 aliphatic rings. The summed E-state index contributed by atoms with van der Waals surface area (Å²) in [7, 11) is 1.57. The van der Waals surface area contributed by atoms with Gasteiger partial charge in [0, 0.05) is 20.3 Å². The molecule has 0 aliphatic carbocycles. The first kappa shape index (κ1) is 17.9. The second-order valence-corrected chi connectivity index (χ2v) is 5.32. The summed E-state index contributed by atoms with van der Waals surface area (Å²) in [6, 6.07) is 0. The Balaban J connectivity index is 2.71. The van der Waals surface area contributed by atoms with Crippen LogP contribution in [-0.4, -0.2) is 41.8 Å². The molecule has 6 nitrogen and oxygen atoms in total. The fraction of sp³-hybridized carbons (Fsp3) is 0.714. The number of methoxy groups -OCH3 is 1. The Bertz CT molecular complexity index is 473. The van der Waals surface area contributed by atoms with Crippen LogP contribution >= 0.6 is 11.6 Å². The molecule has 21 heavy (non-hydrogen) atoms. The maximum Gasteiger partial charge on any atom is 0.287 e. The molecule has 1 atom stereocenters. The van der Waals surface area contributed by atoms with Gasteiger partial charge in [0.15, 0.2) is 0 Å². The molecule has 0 bridgehead atoms. The van der Waals surface area contributed by atoms with Gasteiger partial charge in [-0.3, -0.25) is 4.79 Å². The molecule has 7 heteroatoms. The van der Waals surface area contributed by atoms with Gasteiger partial charge in [-0.2, -0.15) is 5.10 Å². The minimum absolute atomic E-state index is 0.139. The normalized spacial score (nSPS) is 12.4. The van der Waals surface area contributed by atoms with Gasteiger partial charge in [0.25, 0.3) is 5.56 Å². The smallest absolute Gasteiger partial charge is 0.287 e. The monoisotopic (exact) mass is 317 g/mol. The number of anilines is 1. The highest BCUT2D eigenvalue weighted by atomic mass is 35.5. The molecule has 0 amide bonds. The van der Waals surface area contributed by atoms with E-state index in [0.29, 0.717) is 31.3 Å². The first-order valence-electron chi connectivity index (χ1n) is 7.23. The van der Waals surface area contributed by atoms with Crippen molar-refractivity contribution in [1.82, 2.24) is 9.78 Å². The zero-order valence-electron chi connectivity index (χ0n) is 12.6. The fourth-order valence-electron chi connectivity index (χ4n) is 2.12. The van der Waals surface area contributed by atoms with Crippen molar-refractivity contribution in [2.45, 2.75) is 32.7 Å². The van der Waals surface area contributed by atoms with E-state index in [1.165, 1.54) is 4.68 Å². The van der Waals surface area contributed by atoms with Gasteiger partial charge in [-0.15, -0.1) is 0 Å². The summed E-state index contributed by atoms with van der Waals surface area (Å²) in [6.07, 6.45) is 4.36. The van der Waals surface area contributed by atoms with Gasteiger partial charge in [-0.05, 0) is 18.8 Å². The first-order chi connectivity index (χ1) is 10.1. The standard InChI is InChI=1S/C14H24ClN3O3/c1-3-4-11(5-7-19)9-16-12-10-17-18(6-8-21-2)14(20)13(12)15/h10-11,16,19H,3-9H2,1-2H3. The Morgan fingerprint density at radius 2 is 2.29 bits per heavy atom. The van der Waals surface area contributed by atoms with Crippen LogP contribution in [0.25, 0.3) is 0 Å². The SMILES string of the molecule is CCCC(CCO)CNc1cnn(CCOC)c(=O)c1Cl. The molecule has 2 N–H and O–H groups in total. The lowest BCUT2D eigenvalue weighted by molar-refractivity contribution is 0.182. The average molecular weight is 318 g/mol. The molecule has 1 rings (SSSR count). The zero-order chi connectivity index (χ0) is 15.7. The van der Waals surface area contributed by atoms with Crippen LogP contribution in [0, 0.1) is 5.92 Å². The van der Waals surface area contributed by atoms with Crippen LogP contribution in [0.3, 0.4) is 0 Å². The van der Waals surface area contributed by atoms with E-state index in [9.17, 15) is 4.79 Å². The number of aliphatic hydroxyl groups excluding tert-OH is 1. The van der Waals surface area contributed by atoms with Crippen LogP contribution in [0.4, 0.5) is 5.69 Å². The highest BCUT2D eigenvalue weighted by molar-refractivity contribution is 6.32. The van der Waals surface area contributed by atoms with Gasteiger partial charge >= 0.3 is 0 Å². The molecule has 0 radical (unpaired) electrons. The molecule has 1 unspecified atom stereocenters. The van der Waals surface area contributed by atoms with Crippen LogP contribution in [0.15, 0.2) is 11.0 Å². The van der Waals surface area contributed by atoms with Crippen LogP contribution in [-0.2, 0) is 11.3 Å². The lowest BCUT2D eigenvalue weighted by Crippen LogP contribution is -2.26. The van der Waals surface area contributed by atoms with E-state index >= 15 is 0 Å². The van der Waals surface area contributed by atoms with Crippen LogP contribution in [0.2, 0.25) is 5.02 Å². The van der Waals surface area contributed by atoms with Crippen LogP contribution < -0.4 is 10.9 Å². The molecule has 0 aromatic carbocycles. The van der Waals surface area contributed by atoms with Crippen molar-refractivity contribution >= 4 is 17.3 Å². The largest absolute Gasteiger partial charge is 0.396 e. The van der Waals surface area contributed by atoms with Crippen molar-refractivity contribution in [2.24, 2.45) is 5.92 Å². The summed E-state index contributed by atoms with van der Waals surface area (Å²) >= 11 is 6.09.